The molecule has 0 saturated carbocycles. The van der Waals surface area contributed by atoms with Gasteiger partial charge in [0, 0.05) is 12.8 Å². The van der Waals surface area contributed by atoms with Gasteiger partial charge in [-0.1, -0.05) is 224 Å². The van der Waals surface area contributed by atoms with Crippen LogP contribution in [-0.4, -0.2) is 74.3 Å². The second kappa shape index (κ2) is 49.5. The maximum Gasteiger partial charge on any atom is 0.472 e. The maximum atomic E-state index is 13.5. The summed E-state index contributed by atoms with van der Waals surface area (Å²) < 4.78 is 30.5. The number of allylic oxidation sites excluding steroid dienone is 7. The van der Waals surface area contributed by atoms with Gasteiger partial charge in [-0.2, -0.15) is 0 Å². The molecule has 2 N–H and O–H groups in total. The molecule has 0 bridgehead atoms. The number of unbranched alkanes of at least 4 members (excludes halogenated alkanes) is 30. The van der Waals surface area contributed by atoms with E-state index in [2.05, 4.69) is 56.5 Å². The molecule has 0 spiro atoms. The van der Waals surface area contributed by atoms with Gasteiger partial charge in [0.15, 0.2) is 0 Å². The lowest BCUT2D eigenvalue weighted by Gasteiger charge is -2.27. The number of phosphoric ester groups is 1. The van der Waals surface area contributed by atoms with E-state index in [0.29, 0.717) is 23.9 Å². The number of hydrogen-bond acceptors (Lipinski definition) is 6. The summed E-state index contributed by atoms with van der Waals surface area (Å²) in [5.74, 6) is -0.582. The molecule has 9 nitrogen and oxygen atoms in total. The standard InChI is InChI=1S/C59H111N2O7P/c1-7-10-13-16-19-22-25-27-28-29-30-31-32-34-36-39-42-45-48-51-58(62)60-56(55-67-69(64,65)66-54-53-61(4,5)6)57(50-47-44-41-38-35-24-21-18-15-12-9-3)68-59(63)52-49-46-43-40-37-33-26-23-20-17-14-11-8-2/h27-28,33,37,43,46-47,50,56-57H,7-26,29-32,34-36,38-42,44-45,48-49,51-55H2,1-6H3,(H-,60,62,64,65)/p+1/b28-27+,37-33-,46-43+,50-47-. The molecule has 69 heavy (non-hydrogen) atoms. The highest BCUT2D eigenvalue weighted by Crippen LogP contribution is 2.43. The first kappa shape index (κ1) is 67.0. The molecule has 0 aliphatic carbocycles. The number of amides is 1. The Morgan fingerprint density at radius 3 is 1.35 bits per heavy atom. The molecule has 1 amide bonds. The van der Waals surface area contributed by atoms with Crippen molar-refractivity contribution in [3.63, 3.8) is 0 Å². The topological polar surface area (TPSA) is 111 Å². The average molecular weight is 993 g/mol. The molecule has 0 aromatic rings. The number of nitrogens with one attached hydrogen (secondary N) is 1. The highest BCUT2D eigenvalue weighted by atomic mass is 31.2. The average Bonchev–Trinajstić information content (AvgIpc) is 3.31. The van der Waals surface area contributed by atoms with Crippen molar-refractivity contribution >= 4 is 19.7 Å². The van der Waals surface area contributed by atoms with Crippen LogP contribution in [0.1, 0.15) is 265 Å². The summed E-state index contributed by atoms with van der Waals surface area (Å²) in [6.07, 6.45) is 59.8. The van der Waals surface area contributed by atoms with Crippen LogP contribution in [0.3, 0.4) is 0 Å². The summed E-state index contributed by atoms with van der Waals surface area (Å²) in [5, 5.41) is 3.03. The molecule has 0 aliphatic heterocycles. The third-order valence-electron chi connectivity index (χ3n) is 12.8. The molecule has 0 aliphatic rings. The lowest BCUT2D eigenvalue weighted by Crippen LogP contribution is -2.47. The van der Waals surface area contributed by atoms with Gasteiger partial charge in [-0.15, -0.1) is 0 Å². The van der Waals surface area contributed by atoms with Crippen molar-refractivity contribution in [2.75, 3.05) is 40.9 Å². The molecule has 0 saturated heterocycles. The summed E-state index contributed by atoms with van der Waals surface area (Å²) in [5.41, 5.74) is 0. The SMILES string of the molecule is CCCCCCCC/C=C\C/C=C/CCC(=O)OC(/C=C\CCCCCCCCCCC)C(COP(=O)(O)OCC[N+](C)(C)C)NC(=O)CCCCCCCCCCC/C=C/CCCCCCCC. The van der Waals surface area contributed by atoms with E-state index in [-0.39, 0.29) is 25.5 Å². The Hall–Kier alpha value is -2.03. The summed E-state index contributed by atoms with van der Waals surface area (Å²) in [7, 11) is 1.47. The first-order valence-corrected chi connectivity index (χ1v) is 30.5. The molecule has 0 radical (unpaired) electrons. The zero-order valence-electron chi connectivity index (χ0n) is 46.1. The first-order valence-electron chi connectivity index (χ1n) is 29.0. The van der Waals surface area contributed by atoms with Crippen molar-refractivity contribution in [2.45, 2.75) is 277 Å². The quantitative estimate of drug-likeness (QED) is 0.0205. The van der Waals surface area contributed by atoms with Gasteiger partial charge in [0.25, 0.3) is 0 Å². The van der Waals surface area contributed by atoms with Gasteiger partial charge >= 0.3 is 13.8 Å². The van der Waals surface area contributed by atoms with Crippen LogP contribution in [-0.2, 0) is 27.9 Å². The molecule has 10 heteroatoms. The minimum Gasteiger partial charge on any atom is -0.456 e. The van der Waals surface area contributed by atoms with E-state index >= 15 is 0 Å². The van der Waals surface area contributed by atoms with Crippen molar-refractivity contribution in [1.82, 2.24) is 5.32 Å². The number of ether oxygens (including phenoxy) is 1. The van der Waals surface area contributed by atoms with Crippen molar-refractivity contribution in [1.29, 1.82) is 0 Å². The molecule has 0 rings (SSSR count). The number of quaternary nitrogens is 1. The second-order valence-corrected chi connectivity index (χ2v) is 22.3. The maximum absolute atomic E-state index is 13.5. The number of carbonyl (C=O) groups is 2. The second-order valence-electron chi connectivity index (χ2n) is 20.8. The Labute approximate surface area is 427 Å². The third kappa shape index (κ3) is 50.7. The molecule has 3 atom stereocenters. The smallest absolute Gasteiger partial charge is 0.456 e. The van der Waals surface area contributed by atoms with Crippen LogP contribution < -0.4 is 5.32 Å². The predicted octanol–water partition coefficient (Wildman–Crippen LogP) is 17.3. The van der Waals surface area contributed by atoms with Crippen molar-refractivity contribution in [3.8, 4) is 0 Å². The molecule has 0 aromatic carbocycles. The number of phosphoric acid groups is 1. The van der Waals surface area contributed by atoms with Gasteiger partial charge in [-0.05, 0) is 76.7 Å². The van der Waals surface area contributed by atoms with Gasteiger partial charge < -0.3 is 19.4 Å². The van der Waals surface area contributed by atoms with Crippen LogP contribution in [0.25, 0.3) is 0 Å². The fourth-order valence-electron chi connectivity index (χ4n) is 8.22. The number of likely N-dealkylation sites (N-methyl/N-ethyl adjacent to an activating group) is 1. The predicted molar refractivity (Wildman–Crippen MR) is 295 cm³/mol. The summed E-state index contributed by atoms with van der Waals surface area (Å²) in [4.78, 5) is 37.5. The normalized spacial score (nSPS) is 14.1. The molecule has 0 heterocycles. The van der Waals surface area contributed by atoms with Crippen molar-refractivity contribution in [3.05, 3.63) is 48.6 Å². The lowest BCUT2D eigenvalue weighted by atomic mass is 10.0. The van der Waals surface area contributed by atoms with Crippen LogP contribution in [0, 0.1) is 0 Å². The van der Waals surface area contributed by atoms with Gasteiger partial charge in [-0.25, -0.2) is 4.57 Å². The fourth-order valence-corrected chi connectivity index (χ4v) is 8.96. The molecular weight excluding hydrogens is 880 g/mol. The van der Waals surface area contributed by atoms with E-state index < -0.39 is 25.9 Å². The summed E-state index contributed by atoms with van der Waals surface area (Å²) >= 11 is 0. The van der Waals surface area contributed by atoms with E-state index in [0.717, 1.165) is 51.4 Å². The first-order chi connectivity index (χ1) is 33.4. The van der Waals surface area contributed by atoms with Crippen LogP contribution >= 0.6 is 7.82 Å². The largest absolute Gasteiger partial charge is 0.472 e. The molecule has 404 valence electrons. The summed E-state index contributed by atoms with van der Waals surface area (Å²) in [6.45, 7) is 6.96. The molecule has 0 fully saturated rings. The zero-order chi connectivity index (χ0) is 50.8. The van der Waals surface area contributed by atoms with E-state index in [4.69, 9.17) is 13.8 Å². The van der Waals surface area contributed by atoms with E-state index in [1.807, 2.05) is 39.4 Å². The third-order valence-corrected chi connectivity index (χ3v) is 13.7. The molecular formula is C59H112N2O7P+. The van der Waals surface area contributed by atoms with Crippen LogP contribution in [0.4, 0.5) is 0 Å². The number of carbonyl (C=O) groups excluding carboxylic acids is 2. The minimum atomic E-state index is -4.45. The highest BCUT2D eigenvalue weighted by Gasteiger charge is 2.30. The fraction of sp³-hybridized carbons (Fsp3) is 0.831. The number of nitrogens with zero attached hydrogens (tertiary/aromatic N) is 1. The number of esters is 1. The number of hydrogen-bond donors (Lipinski definition) is 2. The van der Waals surface area contributed by atoms with Gasteiger partial charge in [0.2, 0.25) is 5.91 Å². The Balaban J connectivity index is 5.32. The zero-order valence-corrected chi connectivity index (χ0v) is 47.0. The van der Waals surface area contributed by atoms with Gasteiger partial charge in [0.05, 0.1) is 33.8 Å². The Morgan fingerprint density at radius 2 is 0.899 bits per heavy atom. The van der Waals surface area contributed by atoms with Crippen molar-refractivity contribution in [2.24, 2.45) is 0 Å². The van der Waals surface area contributed by atoms with Crippen molar-refractivity contribution < 1.29 is 37.3 Å². The number of rotatable bonds is 52. The molecule has 0 aromatic heterocycles. The van der Waals surface area contributed by atoms with E-state index in [1.165, 1.54) is 173 Å². The monoisotopic (exact) mass is 992 g/mol. The lowest BCUT2D eigenvalue weighted by molar-refractivity contribution is -0.870. The minimum absolute atomic E-state index is 0.0325. The van der Waals surface area contributed by atoms with Gasteiger partial charge in [0.1, 0.15) is 19.3 Å². The van der Waals surface area contributed by atoms with Crippen LogP contribution in [0.15, 0.2) is 48.6 Å². The van der Waals surface area contributed by atoms with Gasteiger partial charge in [-0.3, -0.25) is 18.6 Å². The summed E-state index contributed by atoms with van der Waals surface area (Å²) in [6, 6.07) is -0.869. The van der Waals surface area contributed by atoms with E-state index in [9.17, 15) is 19.0 Å². The van der Waals surface area contributed by atoms with Crippen LogP contribution in [0.2, 0.25) is 0 Å². The Morgan fingerprint density at radius 1 is 0.507 bits per heavy atom. The molecule has 3 unspecified atom stereocenters. The van der Waals surface area contributed by atoms with E-state index in [1.54, 1.807) is 0 Å². The highest BCUT2D eigenvalue weighted by molar-refractivity contribution is 7.47. The van der Waals surface area contributed by atoms with Crippen LogP contribution in [0.5, 0.6) is 0 Å². The Kier molecular flexibility index (Phi) is 48.1. The Bertz CT molecular complexity index is 1330.